The normalized spacial score (nSPS) is 19.1. The number of benzene rings is 2. The molecule has 3 fully saturated rings. The molecule has 0 spiro atoms. The first-order valence-electron chi connectivity index (χ1n) is 21.5. The van der Waals surface area contributed by atoms with Crippen molar-refractivity contribution < 1.29 is 33.5 Å². The maximum atomic E-state index is 13.1. The number of carbonyl (C=O) groups excluding carboxylic acids is 6. The number of unbranched alkanes of at least 4 members (excludes halogenated alkanes) is 2. The van der Waals surface area contributed by atoms with Crippen LogP contribution in [0.1, 0.15) is 123 Å². The summed E-state index contributed by atoms with van der Waals surface area (Å²) in [5, 5.41) is 10.2. The molecular weight excluding hydrogens is 779 g/mol. The zero-order chi connectivity index (χ0) is 42.8. The number of imide groups is 2. The van der Waals surface area contributed by atoms with Gasteiger partial charge in [0.15, 0.2) is 0 Å². The molecule has 6 heterocycles. The topological polar surface area (TPSA) is 189 Å². The Kier molecular flexibility index (Phi) is 11.9. The molecule has 1 atom stereocenters. The van der Waals surface area contributed by atoms with Gasteiger partial charge in [0.1, 0.15) is 11.6 Å². The van der Waals surface area contributed by atoms with Gasteiger partial charge < -0.3 is 19.9 Å². The van der Waals surface area contributed by atoms with E-state index in [0.717, 1.165) is 77.7 Å². The average Bonchev–Trinajstić information content (AvgIpc) is 3.84. The monoisotopic (exact) mass is 831 g/mol. The summed E-state index contributed by atoms with van der Waals surface area (Å²) >= 11 is 0. The fourth-order valence-corrected chi connectivity index (χ4v) is 8.82. The number of anilines is 1. The van der Waals surface area contributed by atoms with Gasteiger partial charge in [-0.15, -0.1) is 0 Å². The Morgan fingerprint density at radius 3 is 2.38 bits per heavy atom. The lowest BCUT2D eigenvalue weighted by atomic mass is 9.88. The van der Waals surface area contributed by atoms with Crippen LogP contribution in [0.3, 0.4) is 0 Å². The molecule has 16 nitrogen and oxygen atoms in total. The van der Waals surface area contributed by atoms with E-state index in [1.165, 1.54) is 0 Å². The summed E-state index contributed by atoms with van der Waals surface area (Å²) in [5.41, 5.74) is 5.17. The van der Waals surface area contributed by atoms with Gasteiger partial charge in [-0.3, -0.25) is 43.9 Å². The molecule has 2 aromatic carbocycles. The van der Waals surface area contributed by atoms with Crippen LogP contribution in [0.25, 0.3) is 22.3 Å². The van der Waals surface area contributed by atoms with Crippen molar-refractivity contribution in [2.45, 2.75) is 109 Å². The lowest BCUT2D eigenvalue weighted by Crippen LogP contribution is -2.54. The maximum Gasteiger partial charge on any atom is 0.410 e. The fourth-order valence-electron chi connectivity index (χ4n) is 8.82. The van der Waals surface area contributed by atoms with Crippen molar-refractivity contribution in [3.63, 3.8) is 0 Å². The number of rotatable bonds is 11. The smallest absolute Gasteiger partial charge is 0.410 e. The Hall–Kier alpha value is -6.19. The first kappa shape index (κ1) is 41.5. The predicted molar refractivity (Wildman–Crippen MR) is 225 cm³/mol. The van der Waals surface area contributed by atoms with Crippen LogP contribution in [0.4, 0.5) is 10.5 Å². The molecule has 0 bridgehead atoms. The Labute approximate surface area is 354 Å². The van der Waals surface area contributed by atoms with Gasteiger partial charge in [0.2, 0.25) is 17.7 Å². The van der Waals surface area contributed by atoms with Gasteiger partial charge in [0.05, 0.1) is 46.3 Å². The number of fused-ring (bicyclic) bond motifs is 2. The number of piperidine rings is 3. The second kappa shape index (κ2) is 17.4. The number of ether oxygens (including phenoxy) is 1. The number of likely N-dealkylation sites (tertiary alicyclic amines) is 2. The second-order valence-corrected chi connectivity index (χ2v) is 17.5. The largest absolute Gasteiger partial charge is 0.444 e. The molecule has 0 aliphatic carbocycles. The highest BCUT2D eigenvalue weighted by molar-refractivity contribution is 6.23. The van der Waals surface area contributed by atoms with E-state index in [-0.39, 0.29) is 47.9 Å². The molecule has 4 aromatic rings. The van der Waals surface area contributed by atoms with Gasteiger partial charge in [-0.05, 0) is 101 Å². The van der Waals surface area contributed by atoms with Gasteiger partial charge >= 0.3 is 6.09 Å². The zero-order valence-corrected chi connectivity index (χ0v) is 35.0. The third kappa shape index (κ3) is 9.13. The Morgan fingerprint density at radius 2 is 1.62 bits per heavy atom. The number of hydrogen-bond donors (Lipinski definition) is 2. The van der Waals surface area contributed by atoms with E-state index >= 15 is 0 Å². The third-order valence-electron chi connectivity index (χ3n) is 12.1. The molecule has 320 valence electrons. The minimum absolute atomic E-state index is 0.0729. The predicted octanol–water partition coefficient (Wildman–Crippen LogP) is 5.85. The van der Waals surface area contributed by atoms with Crippen LogP contribution in [0.2, 0.25) is 0 Å². The van der Waals surface area contributed by atoms with Crippen molar-refractivity contribution in [3.8, 4) is 11.3 Å². The van der Waals surface area contributed by atoms with E-state index in [9.17, 15) is 28.8 Å². The number of nitrogens with one attached hydrogen (secondary N) is 2. The van der Waals surface area contributed by atoms with Gasteiger partial charge in [-0.25, -0.2) is 9.78 Å². The van der Waals surface area contributed by atoms with E-state index < -0.39 is 35.3 Å². The molecule has 4 aliphatic rings. The summed E-state index contributed by atoms with van der Waals surface area (Å²) in [6.45, 7) is 8.89. The molecule has 61 heavy (non-hydrogen) atoms. The Bertz CT molecular complexity index is 2360. The van der Waals surface area contributed by atoms with Crippen LogP contribution in [-0.2, 0) is 19.1 Å². The van der Waals surface area contributed by atoms with Crippen molar-refractivity contribution in [1.29, 1.82) is 0 Å². The summed E-state index contributed by atoms with van der Waals surface area (Å²) in [6.07, 6.45) is 11.8. The van der Waals surface area contributed by atoms with E-state index in [0.29, 0.717) is 44.8 Å². The van der Waals surface area contributed by atoms with Crippen molar-refractivity contribution in [3.05, 3.63) is 71.7 Å². The van der Waals surface area contributed by atoms with Crippen LogP contribution in [0, 0.1) is 0 Å². The molecule has 2 N–H and O–H groups in total. The molecule has 1 unspecified atom stereocenters. The summed E-state index contributed by atoms with van der Waals surface area (Å²) < 4.78 is 7.59. The Balaban J connectivity index is 0.771. The summed E-state index contributed by atoms with van der Waals surface area (Å²) in [4.78, 5) is 90.3. The van der Waals surface area contributed by atoms with Crippen LogP contribution in [0.15, 0.2) is 55.0 Å². The minimum atomic E-state index is -0.996. The molecular formula is C45H53N9O7. The van der Waals surface area contributed by atoms with Crippen LogP contribution in [0.5, 0.6) is 0 Å². The van der Waals surface area contributed by atoms with Gasteiger partial charge in [-0.1, -0.05) is 18.6 Å². The number of para-hydroxylation sites is 1. The number of nitrogens with zero attached hydrogens (tertiary/aromatic N) is 7. The van der Waals surface area contributed by atoms with Crippen molar-refractivity contribution in [1.82, 2.24) is 39.8 Å². The minimum Gasteiger partial charge on any atom is -0.444 e. The highest BCUT2D eigenvalue weighted by Gasteiger charge is 2.44. The highest BCUT2D eigenvalue weighted by atomic mass is 16.6. The van der Waals surface area contributed by atoms with E-state index in [2.05, 4.69) is 16.7 Å². The fraction of sp³-hybridized carbons (Fsp3) is 0.489. The first-order valence-corrected chi connectivity index (χ1v) is 21.5. The molecule has 8 rings (SSSR count). The molecule has 2 aromatic heterocycles. The molecule has 0 radical (unpaired) electrons. The first-order chi connectivity index (χ1) is 29.3. The van der Waals surface area contributed by atoms with Crippen molar-refractivity contribution in [2.75, 3.05) is 38.0 Å². The zero-order valence-electron chi connectivity index (χ0n) is 35.0. The summed E-state index contributed by atoms with van der Waals surface area (Å²) in [7, 11) is 0. The molecule has 16 heteroatoms. The number of carbonyl (C=O) groups is 6. The van der Waals surface area contributed by atoms with Gasteiger partial charge in [-0.2, -0.15) is 5.10 Å². The van der Waals surface area contributed by atoms with Crippen molar-refractivity contribution in [2.24, 2.45) is 0 Å². The second-order valence-electron chi connectivity index (χ2n) is 17.5. The quantitative estimate of drug-likeness (QED) is 0.136. The van der Waals surface area contributed by atoms with E-state index in [1.54, 1.807) is 29.3 Å². The standard InChI is InChI=1S/C45H53N9O7/c1-45(2,3)61-44(60)52-20-15-28(16-21-52)32-8-7-9-35-40(32)49-36(26-47-35)29-25-48-53(27-29)31-17-22-51(23-18-31)39(56)10-5-4-6-19-46-30-11-12-33-34(24-30)43(59)54(42(33)58)37-13-14-38(55)50-41(37)57/h7-9,11-12,24-28,31,37,46H,4-6,10,13-23H2,1-3H3,(H,50,55,57). The lowest BCUT2D eigenvalue weighted by Gasteiger charge is -2.33. The van der Waals surface area contributed by atoms with Gasteiger partial charge in [0, 0.05) is 63.0 Å². The van der Waals surface area contributed by atoms with Crippen LogP contribution < -0.4 is 10.6 Å². The lowest BCUT2D eigenvalue weighted by molar-refractivity contribution is -0.136. The highest BCUT2D eigenvalue weighted by Crippen LogP contribution is 2.34. The van der Waals surface area contributed by atoms with E-state index in [4.69, 9.17) is 19.8 Å². The summed E-state index contributed by atoms with van der Waals surface area (Å²) in [6, 6.07) is 10.3. The molecule has 4 aliphatic heterocycles. The summed E-state index contributed by atoms with van der Waals surface area (Å²) in [5.74, 6) is -1.69. The maximum absolute atomic E-state index is 13.1. The van der Waals surface area contributed by atoms with Crippen molar-refractivity contribution >= 4 is 52.3 Å². The molecule has 6 amide bonds. The van der Waals surface area contributed by atoms with Crippen LogP contribution in [-0.4, -0.2) is 114 Å². The van der Waals surface area contributed by atoms with E-state index in [1.807, 2.05) is 54.9 Å². The Morgan fingerprint density at radius 1 is 0.869 bits per heavy atom. The number of amides is 6. The SMILES string of the molecule is CC(C)(C)OC(=O)N1CCC(c2cccc3ncc(-c4cnn(C5CCN(C(=O)CCCCCNc6ccc7c(c6)C(=O)N(C6CCC(=O)NC6=O)C7=O)CC5)c4)nc23)CC1. The van der Waals surface area contributed by atoms with Gasteiger partial charge in [0.25, 0.3) is 11.8 Å². The number of hydrogen-bond acceptors (Lipinski definition) is 11. The average molecular weight is 832 g/mol. The molecule has 3 saturated heterocycles. The third-order valence-corrected chi connectivity index (χ3v) is 12.1. The van der Waals surface area contributed by atoms with Crippen LogP contribution >= 0.6 is 0 Å². The molecule has 0 saturated carbocycles. The number of aromatic nitrogens is 4.